The highest BCUT2D eigenvalue weighted by Gasteiger charge is 2.31. The van der Waals surface area contributed by atoms with Crippen molar-refractivity contribution in [2.75, 3.05) is 18.8 Å². The first-order chi connectivity index (χ1) is 11.1. The quantitative estimate of drug-likeness (QED) is 0.826. The zero-order valence-corrected chi connectivity index (χ0v) is 15.5. The standard InChI is InChI=1S/C16H25N3O4S/c1-12-14(18-8-7-17-12)24(21,22)11-13-6-5-9-19(10-13)15(20)23-16(2,3)4/h7-8,13H,5-6,9-11H2,1-4H3/t13-/m1/s1. The van der Waals surface area contributed by atoms with Crippen LogP contribution in [0, 0.1) is 12.8 Å². The monoisotopic (exact) mass is 355 g/mol. The normalized spacial score (nSPS) is 19.2. The number of carbonyl (C=O) groups excluding carboxylic acids is 1. The van der Waals surface area contributed by atoms with Crippen LogP contribution in [0.3, 0.4) is 0 Å². The molecule has 7 nitrogen and oxygen atoms in total. The number of likely N-dealkylation sites (tertiary alicyclic amines) is 1. The summed E-state index contributed by atoms with van der Waals surface area (Å²) in [5.41, 5.74) is -0.162. The van der Waals surface area contributed by atoms with E-state index >= 15 is 0 Å². The molecule has 134 valence electrons. The number of amides is 1. The fourth-order valence-electron chi connectivity index (χ4n) is 2.78. The molecule has 1 aromatic rings. The number of aromatic nitrogens is 2. The molecule has 0 saturated carbocycles. The van der Waals surface area contributed by atoms with Crippen LogP contribution in [0.2, 0.25) is 0 Å². The molecule has 2 heterocycles. The molecule has 1 aliphatic rings. The summed E-state index contributed by atoms with van der Waals surface area (Å²) < 4.78 is 30.6. The van der Waals surface area contributed by atoms with Gasteiger partial charge in [-0.15, -0.1) is 0 Å². The number of aryl methyl sites for hydroxylation is 1. The van der Waals surface area contributed by atoms with E-state index in [1.54, 1.807) is 11.8 Å². The Kier molecular flexibility index (Phi) is 5.47. The highest BCUT2D eigenvalue weighted by atomic mass is 32.2. The van der Waals surface area contributed by atoms with Gasteiger partial charge < -0.3 is 9.64 Å². The van der Waals surface area contributed by atoms with Gasteiger partial charge in [0.2, 0.25) is 0 Å². The Morgan fingerprint density at radius 3 is 2.62 bits per heavy atom. The molecule has 0 bridgehead atoms. The van der Waals surface area contributed by atoms with E-state index in [2.05, 4.69) is 9.97 Å². The molecule has 24 heavy (non-hydrogen) atoms. The lowest BCUT2D eigenvalue weighted by Crippen LogP contribution is -2.44. The molecule has 0 aromatic carbocycles. The predicted molar refractivity (Wildman–Crippen MR) is 89.4 cm³/mol. The number of hydrogen-bond donors (Lipinski definition) is 0. The first-order valence-corrected chi connectivity index (χ1v) is 9.72. The van der Waals surface area contributed by atoms with Crippen LogP contribution in [0.1, 0.15) is 39.3 Å². The zero-order valence-electron chi connectivity index (χ0n) is 14.7. The summed E-state index contributed by atoms with van der Waals surface area (Å²) in [6.07, 6.45) is 3.99. The fraction of sp³-hybridized carbons (Fsp3) is 0.688. The molecule has 0 aliphatic carbocycles. The average Bonchev–Trinajstić information content (AvgIpc) is 2.45. The van der Waals surface area contributed by atoms with Crippen LogP contribution in [-0.2, 0) is 14.6 Å². The molecule has 0 spiro atoms. The van der Waals surface area contributed by atoms with Crippen molar-refractivity contribution in [3.8, 4) is 0 Å². The molecule has 1 amide bonds. The van der Waals surface area contributed by atoms with Crippen molar-refractivity contribution in [1.82, 2.24) is 14.9 Å². The van der Waals surface area contributed by atoms with Crippen LogP contribution in [0.25, 0.3) is 0 Å². The third kappa shape index (κ3) is 4.90. The van der Waals surface area contributed by atoms with E-state index in [0.29, 0.717) is 18.8 Å². The molecule has 1 aromatic heterocycles. The summed E-state index contributed by atoms with van der Waals surface area (Å²) in [6, 6.07) is 0. The maximum absolute atomic E-state index is 12.6. The number of sulfone groups is 1. The number of piperidine rings is 1. The summed E-state index contributed by atoms with van der Waals surface area (Å²) >= 11 is 0. The largest absolute Gasteiger partial charge is 0.444 e. The van der Waals surface area contributed by atoms with Crippen LogP contribution < -0.4 is 0 Å². The number of ether oxygens (including phenoxy) is 1. The number of nitrogens with zero attached hydrogens (tertiary/aromatic N) is 3. The van der Waals surface area contributed by atoms with E-state index in [1.807, 2.05) is 20.8 Å². The van der Waals surface area contributed by atoms with Gasteiger partial charge in [0.25, 0.3) is 0 Å². The number of hydrogen-bond acceptors (Lipinski definition) is 6. The molecule has 0 radical (unpaired) electrons. The lowest BCUT2D eigenvalue weighted by molar-refractivity contribution is 0.0176. The summed E-state index contributed by atoms with van der Waals surface area (Å²) in [7, 11) is -3.53. The maximum Gasteiger partial charge on any atom is 0.410 e. The van der Waals surface area contributed by atoms with E-state index in [4.69, 9.17) is 4.74 Å². The van der Waals surface area contributed by atoms with E-state index < -0.39 is 15.4 Å². The van der Waals surface area contributed by atoms with Gasteiger partial charge in [-0.2, -0.15) is 0 Å². The molecular weight excluding hydrogens is 330 g/mol. The molecule has 1 atom stereocenters. The summed E-state index contributed by atoms with van der Waals surface area (Å²) in [5.74, 6) is -0.163. The van der Waals surface area contributed by atoms with E-state index in [0.717, 1.165) is 12.8 Å². The molecule has 0 unspecified atom stereocenters. The van der Waals surface area contributed by atoms with Gasteiger partial charge in [0.1, 0.15) is 5.60 Å². The Hall–Kier alpha value is -1.70. The maximum atomic E-state index is 12.6. The Balaban J connectivity index is 2.05. The third-order valence-electron chi connectivity index (χ3n) is 3.76. The van der Waals surface area contributed by atoms with Crippen LogP contribution in [-0.4, -0.2) is 53.8 Å². The van der Waals surface area contributed by atoms with Crippen molar-refractivity contribution in [2.45, 2.75) is 51.2 Å². The van der Waals surface area contributed by atoms with Crippen LogP contribution in [0.5, 0.6) is 0 Å². The lowest BCUT2D eigenvalue weighted by Gasteiger charge is -2.34. The second-order valence-corrected chi connectivity index (χ2v) is 9.11. The van der Waals surface area contributed by atoms with Gasteiger partial charge in [-0.1, -0.05) is 0 Å². The van der Waals surface area contributed by atoms with Gasteiger partial charge in [-0.25, -0.2) is 18.2 Å². The van der Waals surface area contributed by atoms with Crippen molar-refractivity contribution < 1.29 is 17.9 Å². The molecule has 1 saturated heterocycles. The van der Waals surface area contributed by atoms with Crippen molar-refractivity contribution in [2.24, 2.45) is 5.92 Å². The Morgan fingerprint density at radius 2 is 2.00 bits per heavy atom. The van der Waals surface area contributed by atoms with Gasteiger partial charge in [0.15, 0.2) is 14.9 Å². The minimum Gasteiger partial charge on any atom is -0.444 e. The molecule has 2 rings (SSSR count). The Morgan fingerprint density at radius 1 is 1.33 bits per heavy atom. The SMILES string of the molecule is Cc1nccnc1S(=O)(=O)C[C@@H]1CCCN(C(=O)OC(C)(C)C)C1. The van der Waals surface area contributed by atoms with Gasteiger partial charge >= 0.3 is 6.09 Å². The Labute approximate surface area is 143 Å². The van der Waals surface area contributed by atoms with Gasteiger partial charge in [0.05, 0.1) is 11.4 Å². The number of rotatable bonds is 3. The van der Waals surface area contributed by atoms with Gasteiger partial charge in [-0.3, -0.25) is 4.98 Å². The van der Waals surface area contributed by atoms with E-state index in [-0.39, 0.29) is 22.8 Å². The predicted octanol–water partition coefficient (Wildman–Crippen LogP) is 2.21. The summed E-state index contributed by atoms with van der Waals surface area (Å²) in [5, 5.41) is 0.0272. The first-order valence-electron chi connectivity index (χ1n) is 8.07. The second kappa shape index (κ2) is 7.04. The number of carbonyl (C=O) groups is 1. The fourth-order valence-corrected chi connectivity index (χ4v) is 4.56. The van der Waals surface area contributed by atoms with Crippen molar-refractivity contribution in [3.63, 3.8) is 0 Å². The highest BCUT2D eigenvalue weighted by Crippen LogP contribution is 2.23. The third-order valence-corrected chi connectivity index (χ3v) is 5.66. The van der Waals surface area contributed by atoms with Gasteiger partial charge in [0, 0.05) is 25.5 Å². The molecule has 1 aliphatic heterocycles. The second-order valence-electron chi connectivity index (χ2n) is 7.16. The topological polar surface area (TPSA) is 89.5 Å². The lowest BCUT2D eigenvalue weighted by atomic mass is 10.0. The van der Waals surface area contributed by atoms with Gasteiger partial charge in [-0.05, 0) is 46.5 Å². The van der Waals surface area contributed by atoms with E-state index in [1.165, 1.54) is 12.4 Å². The van der Waals surface area contributed by atoms with Crippen LogP contribution in [0.4, 0.5) is 4.79 Å². The summed E-state index contributed by atoms with van der Waals surface area (Å²) in [4.78, 5) is 21.7. The van der Waals surface area contributed by atoms with Crippen LogP contribution >= 0.6 is 0 Å². The smallest absolute Gasteiger partial charge is 0.410 e. The highest BCUT2D eigenvalue weighted by molar-refractivity contribution is 7.91. The first kappa shape index (κ1) is 18.6. The minimum atomic E-state index is -3.53. The minimum absolute atomic E-state index is 0.0272. The molecule has 1 fully saturated rings. The average molecular weight is 355 g/mol. The zero-order chi connectivity index (χ0) is 18.0. The van der Waals surface area contributed by atoms with Crippen LogP contribution in [0.15, 0.2) is 17.4 Å². The molecular formula is C16H25N3O4S. The molecule has 8 heteroatoms. The Bertz CT molecular complexity index is 698. The van der Waals surface area contributed by atoms with Crippen molar-refractivity contribution in [1.29, 1.82) is 0 Å². The summed E-state index contributed by atoms with van der Waals surface area (Å²) in [6.45, 7) is 8.05. The van der Waals surface area contributed by atoms with Crippen molar-refractivity contribution in [3.05, 3.63) is 18.1 Å². The van der Waals surface area contributed by atoms with E-state index in [9.17, 15) is 13.2 Å². The van der Waals surface area contributed by atoms with Crippen molar-refractivity contribution >= 4 is 15.9 Å². The molecule has 0 N–H and O–H groups in total.